The molecule has 0 aliphatic carbocycles. The van der Waals surface area contributed by atoms with E-state index in [2.05, 4.69) is 24.1 Å². The Morgan fingerprint density at radius 1 is 1.20 bits per heavy atom. The fourth-order valence-electron chi connectivity index (χ4n) is 1.37. The van der Waals surface area contributed by atoms with Gasteiger partial charge in [0.2, 0.25) is 0 Å². The van der Waals surface area contributed by atoms with E-state index in [1.54, 1.807) is 7.11 Å². The normalized spacial score (nSPS) is 10.7. The molecule has 0 bridgehead atoms. The summed E-state index contributed by atoms with van der Waals surface area (Å²) in [6, 6.07) is 8.20. The van der Waals surface area contributed by atoms with Crippen molar-refractivity contribution >= 4 is 11.6 Å². The number of benzene rings is 1. The second-order valence-electron chi connectivity index (χ2n) is 3.59. The molecule has 1 aromatic carbocycles. The average Bonchev–Trinajstić information content (AvgIpc) is 2.27. The van der Waals surface area contributed by atoms with Crippen LogP contribution in [0.2, 0.25) is 0 Å². The number of halogens is 1. The van der Waals surface area contributed by atoms with Gasteiger partial charge in [0.25, 0.3) is 0 Å². The van der Waals surface area contributed by atoms with Crippen LogP contribution in [0.15, 0.2) is 24.3 Å². The summed E-state index contributed by atoms with van der Waals surface area (Å²) >= 11 is 5.66. The van der Waals surface area contributed by atoms with Gasteiger partial charge < -0.3 is 9.64 Å². The van der Waals surface area contributed by atoms with Crippen molar-refractivity contribution in [3.05, 3.63) is 29.8 Å². The van der Waals surface area contributed by atoms with Gasteiger partial charge in [0.15, 0.2) is 0 Å². The molecule has 0 aliphatic heterocycles. The van der Waals surface area contributed by atoms with Crippen LogP contribution in [0.25, 0.3) is 0 Å². The van der Waals surface area contributed by atoms with Crippen molar-refractivity contribution in [3.8, 4) is 5.75 Å². The number of rotatable bonds is 6. The minimum atomic E-state index is 0.694. The van der Waals surface area contributed by atoms with Crippen LogP contribution in [0.4, 0.5) is 0 Å². The lowest BCUT2D eigenvalue weighted by Crippen LogP contribution is -2.23. The lowest BCUT2D eigenvalue weighted by atomic mass is 10.1. The zero-order valence-corrected chi connectivity index (χ0v) is 10.1. The maximum absolute atomic E-state index is 5.66. The molecule has 0 saturated heterocycles. The highest BCUT2D eigenvalue weighted by Gasteiger charge is 1.98. The summed E-state index contributed by atoms with van der Waals surface area (Å²) in [4.78, 5) is 2.23. The first-order chi connectivity index (χ1) is 7.26. The summed E-state index contributed by atoms with van der Waals surface area (Å²) in [6.45, 7) is 1.98. The summed E-state index contributed by atoms with van der Waals surface area (Å²) in [5, 5.41) is 0. The van der Waals surface area contributed by atoms with E-state index in [0.29, 0.717) is 5.88 Å². The van der Waals surface area contributed by atoms with Crippen molar-refractivity contribution in [2.24, 2.45) is 0 Å². The third-order valence-electron chi connectivity index (χ3n) is 2.41. The molecule has 2 nitrogen and oxygen atoms in total. The number of likely N-dealkylation sites (N-methyl/N-ethyl adjacent to an activating group) is 1. The molecule has 0 saturated carbocycles. The SMILES string of the molecule is COc1ccc(CCN(C)CCCl)cc1. The topological polar surface area (TPSA) is 12.5 Å². The maximum Gasteiger partial charge on any atom is 0.118 e. The van der Waals surface area contributed by atoms with E-state index >= 15 is 0 Å². The summed E-state index contributed by atoms with van der Waals surface area (Å²) < 4.78 is 5.11. The van der Waals surface area contributed by atoms with Gasteiger partial charge in [0, 0.05) is 19.0 Å². The van der Waals surface area contributed by atoms with E-state index in [4.69, 9.17) is 16.3 Å². The Bertz CT molecular complexity index is 273. The molecule has 1 rings (SSSR count). The van der Waals surface area contributed by atoms with E-state index in [1.807, 2.05) is 12.1 Å². The Labute approximate surface area is 96.8 Å². The maximum atomic E-state index is 5.66. The van der Waals surface area contributed by atoms with Crippen LogP contribution in [0.3, 0.4) is 0 Å². The molecule has 1 aromatic rings. The van der Waals surface area contributed by atoms with Gasteiger partial charge in [-0.15, -0.1) is 11.6 Å². The van der Waals surface area contributed by atoms with E-state index in [9.17, 15) is 0 Å². The molecular weight excluding hydrogens is 210 g/mol. The van der Waals surface area contributed by atoms with E-state index in [-0.39, 0.29) is 0 Å². The minimum absolute atomic E-state index is 0.694. The van der Waals surface area contributed by atoms with Gasteiger partial charge in [-0.1, -0.05) is 12.1 Å². The second-order valence-corrected chi connectivity index (χ2v) is 3.97. The van der Waals surface area contributed by atoms with Crippen LogP contribution in [-0.2, 0) is 6.42 Å². The lowest BCUT2D eigenvalue weighted by molar-refractivity contribution is 0.359. The third-order valence-corrected chi connectivity index (χ3v) is 2.58. The van der Waals surface area contributed by atoms with E-state index < -0.39 is 0 Å². The van der Waals surface area contributed by atoms with Crippen molar-refractivity contribution in [1.82, 2.24) is 4.90 Å². The van der Waals surface area contributed by atoms with Gasteiger partial charge in [0.05, 0.1) is 7.11 Å². The molecule has 3 heteroatoms. The highest BCUT2D eigenvalue weighted by atomic mass is 35.5. The fourth-order valence-corrected chi connectivity index (χ4v) is 1.66. The highest BCUT2D eigenvalue weighted by molar-refractivity contribution is 6.18. The molecular formula is C12H18ClNO. The highest BCUT2D eigenvalue weighted by Crippen LogP contribution is 2.11. The fraction of sp³-hybridized carbons (Fsp3) is 0.500. The Balaban J connectivity index is 2.37. The number of hydrogen-bond acceptors (Lipinski definition) is 2. The van der Waals surface area contributed by atoms with Gasteiger partial charge in [-0.25, -0.2) is 0 Å². The number of ether oxygens (including phenoxy) is 1. The first-order valence-corrected chi connectivity index (χ1v) is 5.67. The average molecular weight is 228 g/mol. The molecule has 15 heavy (non-hydrogen) atoms. The van der Waals surface area contributed by atoms with Crippen molar-refractivity contribution in [1.29, 1.82) is 0 Å². The second kappa shape index (κ2) is 6.70. The van der Waals surface area contributed by atoms with Crippen LogP contribution in [0, 0.1) is 0 Å². The predicted molar refractivity (Wildman–Crippen MR) is 64.9 cm³/mol. The minimum Gasteiger partial charge on any atom is -0.497 e. The molecule has 84 valence electrons. The Morgan fingerprint density at radius 3 is 2.40 bits per heavy atom. The van der Waals surface area contributed by atoms with Crippen LogP contribution < -0.4 is 4.74 Å². The van der Waals surface area contributed by atoms with Gasteiger partial charge in [0.1, 0.15) is 5.75 Å². The molecule has 0 atom stereocenters. The Morgan fingerprint density at radius 2 is 1.87 bits per heavy atom. The predicted octanol–water partition coefficient (Wildman–Crippen LogP) is 2.41. The standard InChI is InChI=1S/C12H18ClNO/c1-14(10-8-13)9-7-11-3-5-12(15-2)6-4-11/h3-6H,7-10H2,1-2H3. The third kappa shape index (κ3) is 4.54. The number of alkyl halides is 1. The summed E-state index contributed by atoms with van der Waals surface area (Å²) in [5.74, 6) is 1.60. The zero-order valence-electron chi connectivity index (χ0n) is 9.37. The van der Waals surface area contributed by atoms with Crippen molar-refractivity contribution < 1.29 is 4.74 Å². The van der Waals surface area contributed by atoms with E-state index in [1.165, 1.54) is 5.56 Å². The summed E-state index contributed by atoms with van der Waals surface area (Å²) in [5.41, 5.74) is 1.33. The monoisotopic (exact) mass is 227 g/mol. The Hall–Kier alpha value is -0.730. The van der Waals surface area contributed by atoms with Gasteiger partial charge in [-0.3, -0.25) is 0 Å². The van der Waals surface area contributed by atoms with E-state index in [0.717, 1.165) is 25.3 Å². The van der Waals surface area contributed by atoms with Crippen LogP contribution >= 0.6 is 11.6 Å². The molecule has 0 aromatic heterocycles. The molecule has 0 fully saturated rings. The van der Waals surface area contributed by atoms with Crippen LogP contribution in [0.1, 0.15) is 5.56 Å². The molecule has 0 aliphatic rings. The molecule has 0 radical (unpaired) electrons. The van der Waals surface area contributed by atoms with Crippen LogP contribution in [0.5, 0.6) is 5.75 Å². The molecule has 0 heterocycles. The molecule has 0 amide bonds. The molecule has 0 spiro atoms. The summed E-state index contributed by atoms with van der Waals surface area (Å²) in [6.07, 6.45) is 1.05. The number of nitrogens with zero attached hydrogens (tertiary/aromatic N) is 1. The largest absolute Gasteiger partial charge is 0.497 e. The smallest absolute Gasteiger partial charge is 0.118 e. The van der Waals surface area contributed by atoms with Crippen molar-refractivity contribution in [2.45, 2.75) is 6.42 Å². The van der Waals surface area contributed by atoms with Crippen molar-refractivity contribution in [3.63, 3.8) is 0 Å². The first kappa shape index (κ1) is 12.3. The Kier molecular flexibility index (Phi) is 5.51. The lowest BCUT2D eigenvalue weighted by Gasteiger charge is -2.14. The summed E-state index contributed by atoms with van der Waals surface area (Å²) in [7, 11) is 3.77. The number of methoxy groups -OCH3 is 1. The van der Waals surface area contributed by atoms with Gasteiger partial charge in [-0.2, -0.15) is 0 Å². The van der Waals surface area contributed by atoms with Gasteiger partial charge in [-0.05, 0) is 31.2 Å². The first-order valence-electron chi connectivity index (χ1n) is 5.13. The van der Waals surface area contributed by atoms with Crippen LogP contribution in [-0.4, -0.2) is 38.0 Å². The molecule has 0 unspecified atom stereocenters. The van der Waals surface area contributed by atoms with Gasteiger partial charge >= 0.3 is 0 Å². The quantitative estimate of drug-likeness (QED) is 0.692. The number of hydrogen-bond donors (Lipinski definition) is 0. The zero-order chi connectivity index (χ0) is 11.1. The van der Waals surface area contributed by atoms with Crippen molar-refractivity contribution in [2.75, 3.05) is 33.1 Å². The molecule has 0 N–H and O–H groups in total.